The minimum absolute atomic E-state index is 0.0993. The van der Waals surface area contributed by atoms with Gasteiger partial charge in [0.05, 0.1) is 6.07 Å². The fourth-order valence-corrected chi connectivity index (χ4v) is 1.37. The van der Waals surface area contributed by atoms with Gasteiger partial charge in [-0.1, -0.05) is 38.0 Å². The second kappa shape index (κ2) is 5.41. The first-order valence-corrected chi connectivity index (χ1v) is 5.40. The van der Waals surface area contributed by atoms with Gasteiger partial charge in [-0.15, -0.1) is 0 Å². The molecule has 0 heterocycles. The molecule has 1 N–H and O–H groups in total. The van der Waals surface area contributed by atoms with E-state index >= 15 is 0 Å². The fourth-order valence-electron chi connectivity index (χ4n) is 1.37. The molecule has 2 nitrogen and oxygen atoms in total. The summed E-state index contributed by atoms with van der Waals surface area (Å²) in [5.74, 6) is 0.372. The second-order valence-electron chi connectivity index (χ2n) is 4.00. The minimum Gasteiger partial charge on any atom is -0.370 e. The van der Waals surface area contributed by atoms with Crippen molar-refractivity contribution in [2.45, 2.75) is 33.2 Å². The van der Waals surface area contributed by atoms with Crippen LogP contribution >= 0.6 is 0 Å². The van der Waals surface area contributed by atoms with Gasteiger partial charge >= 0.3 is 0 Å². The highest BCUT2D eigenvalue weighted by molar-refractivity contribution is 5.46. The summed E-state index contributed by atoms with van der Waals surface area (Å²) in [6.45, 7) is 6.25. The van der Waals surface area contributed by atoms with E-state index in [2.05, 4.69) is 32.2 Å². The normalized spacial score (nSPS) is 14.0. The van der Waals surface area contributed by atoms with Crippen LogP contribution in [0.1, 0.15) is 25.8 Å². The van der Waals surface area contributed by atoms with Crippen LogP contribution in [0.15, 0.2) is 24.3 Å². The molecule has 2 unspecified atom stereocenters. The number of rotatable bonds is 4. The Morgan fingerprint density at radius 1 is 1.33 bits per heavy atom. The van der Waals surface area contributed by atoms with E-state index in [0.29, 0.717) is 5.92 Å². The van der Waals surface area contributed by atoms with Crippen LogP contribution < -0.4 is 5.32 Å². The highest BCUT2D eigenvalue weighted by Crippen LogP contribution is 2.15. The van der Waals surface area contributed by atoms with E-state index in [1.165, 1.54) is 5.56 Å². The van der Waals surface area contributed by atoms with Crippen LogP contribution in [0.5, 0.6) is 0 Å². The van der Waals surface area contributed by atoms with Crippen LogP contribution in [0.3, 0.4) is 0 Å². The number of hydrogen-bond donors (Lipinski definition) is 1. The molecule has 0 fully saturated rings. The molecule has 0 bridgehead atoms. The van der Waals surface area contributed by atoms with Crippen molar-refractivity contribution in [1.82, 2.24) is 0 Å². The first-order chi connectivity index (χ1) is 7.17. The van der Waals surface area contributed by atoms with E-state index < -0.39 is 0 Å². The van der Waals surface area contributed by atoms with E-state index in [1.54, 1.807) is 0 Å². The van der Waals surface area contributed by atoms with Crippen LogP contribution in [0.25, 0.3) is 0 Å². The number of hydrogen-bond acceptors (Lipinski definition) is 2. The molecular weight excluding hydrogens is 184 g/mol. The number of anilines is 1. The van der Waals surface area contributed by atoms with E-state index in [-0.39, 0.29) is 6.04 Å². The minimum atomic E-state index is -0.0993. The maximum Gasteiger partial charge on any atom is 0.117 e. The SMILES string of the molecule is CCC(C)C(C#N)Nc1ccc(C)cc1. The van der Waals surface area contributed by atoms with Gasteiger partial charge in [-0.05, 0) is 25.0 Å². The Kier molecular flexibility index (Phi) is 4.17. The molecule has 1 aromatic rings. The van der Waals surface area contributed by atoms with Crippen LogP contribution in [-0.4, -0.2) is 6.04 Å². The van der Waals surface area contributed by atoms with Gasteiger partial charge in [0.2, 0.25) is 0 Å². The lowest BCUT2D eigenvalue weighted by Crippen LogP contribution is -2.24. The molecular formula is C13H18N2. The summed E-state index contributed by atoms with van der Waals surface area (Å²) in [6.07, 6.45) is 1.01. The van der Waals surface area contributed by atoms with Gasteiger partial charge in [-0.3, -0.25) is 0 Å². The molecule has 1 aromatic carbocycles. The summed E-state index contributed by atoms with van der Waals surface area (Å²) in [7, 11) is 0. The standard InChI is InChI=1S/C13H18N2/c1-4-11(3)13(9-14)15-12-7-5-10(2)6-8-12/h5-8,11,13,15H,4H2,1-3H3. The van der Waals surface area contributed by atoms with E-state index in [0.717, 1.165) is 12.1 Å². The molecule has 2 atom stereocenters. The second-order valence-corrected chi connectivity index (χ2v) is 4.00. The number of nitriles is 1. The molecule has 0 aromatic heterocycles. The van der Waals surface area contributed by atoms with Crippen molar-refractivity contribution in [2.75, 3.05) is 5.32 Å². The largest absolute Gasteiger partial charge is 0.370 e. The molecule has 0 amide bonds. The van der Waals surface area contributed by atoms with Crippen LogP contribution in [0, 0.1) is 24.2 Å². The first kappa shape index (κ1) is 11.6. The summed E-state index contributed by atoms with van der Waals surface area (Å²) in [4.78, 5) is 0. The molecule has 1 rings (SSSR count). The molecule has 15 heavy (non-hydrogen) atoms. The maximum atomic E-state index is 9.03. The van der Waals surface area contributed by atoms with Gasteiger partial charge in [0.25, 0.3) is 0 Å². The monoisotopic (exact) mass is 202 g/mol. The van der Waals surface area contributed by atoms with Crippen molar-refractivity contribution in [3.8, 4) is 6.07 Å². The van der Waals surface area contributed by atoms with Crippen molar-refractivity contribution in [1.29, 1.82) is 5.26 Å². The topological polar surface area (TPSA) is 35.8 Å². The van der Waals surface area contributed by atoms with Gasteiger partial charge in [0.1, 0.15) is 6.04 Å². The summed E-state index contributed by atoms with van der Waals surface area (Å²) >= 11 is 0. The average molecular weight is 202 g/mol. The van der Waals surface area contributed by atoms with E-state index in [9.17, 15) is 0 Å². The van der Waals surface area contributed by atoms with Crippen molar-refractivity contribution in [3.63, 3.8) is 0 Å². The van der Waals surface area contributed by atoms with Gasteiger partial charge in [-0.25, -0.2) is 0 Å². The van der Waals surface area contributed by atoms with Crippen molar-refractivity contribution >= 4 is 5.69 Å². The molecule has 0 aliphatic heterocycles. The van der Waals surface area contributed by atoms with Crippen molar-refractivity contribution in [2.24, 2.45) is 5.92 Å². The maximum absolute atomic E-state index is 9.03. The third kappa shape index (κ3) is 3.28. The Morgan fingerprint density at radius 3 is 2.40 bits per heavy atom. The van der Waals surface area contributed by atoms with Crippen molar-refractivity contribution < 1.29 is 0 Å². The molecule has 0 spiro atoms. The van der Waals surface area contributed by atoms with Crippen LogP contribution in [0.4, 0.5) is 5.69 Å². The number of benzene rings is 1. The van der Waals surface area contributed by atoms with Gasteiger partial charge < -0.3 is 5.32 Å². The summed E-state index contributed by atoms with van der Waals surface area (Å²) in [5.41, 5.74) is 2.25. The molecule has 0 saturated heterocycles. The van der Waals surface area contributed by atoms with Crippen LogP contribution in [-0.2, 0) is 0 Å². The van der Waals surface area contributed by atoms with Crippen LogP contribution in [0.2, 0.25) is 0 Å². The third-order valence-electron chi connectivity index (χ3n) is 2.73. The third-order valence-corrected chi connectivity index (χ3v) is 2.73. The quantitative estimate of drug-likeness (QED) is 0.812. The smallest absolute Gasteiger partial charge is 0.117 e. The Balaban J connectivity index is 2.68. The summed E-state index contributed by atoms with van der Waals surface area (Å²) in [5, 5.41) is 12.3. The van der Waals surface area contributed by atoms with Gasteiger partial charge in [0, 0.05) is 5.69 Å². The molecule has 0 radical (unpaired) electrons. The zero-order valence-electron chi connectivity index (χ0n) is 9.62. The number of nitrogens with zero attached hydrogens (tertiary/aromatic N) is 1. The average Bonchev–Trinajstić information content (AvgIpc) is 2.27. The predicted molar refractivity (Wildman–Crippen MR) is 63.7 cm³/mol. The molecule has 80 valence electrons. The van der Waals surface area contributed by atoms with E-state index in [1.807, 2.05) is 24.3 Å². The summed E-state index contributed by atoms with van der Waals surface area (Å²) in [6, 6.07) is 10.3. The van der Waals surface area contributed by atoms with Gasteiger partial charge in [0.15, 0.2) is 0 Å². The highest BCUT2D eigenvalue weighted by atomic mass is 14.9. The number of aryl methyl sites for hydroxylation is 1. The predicted octanol–water partition coefficient (Wildman–Crippen LogP) is 3.35. The first-order valence-electron chi connectivity index (χ1n) is 5.40. The Labute approximate surface area is 91.9 Å². The lowest BCUT2D eigenvalue weighted by Gasteiger charge is -2.18. The molecule has 0 saturated carbocycles. The lowest BCUT2D eigenvalue weighted by atomic mass is 10.00. The van der Waals surface area contributed by atoms with Gasteiger partial charge in [-0.2, -0.15) is 5.26 Å². The van der Waals surface area contributed by atoms with E-state index in [4.69, 9.17) is 5.26 Å². The molecule has 0 aliphatic carbocycles. The zero-order valence-corrected chi connectivity index (χ0v) is 9.62. The highest BCUT2D eigenvalue weighted by Gasteiger charge is 2.13. The Bertz CT molecular complexity index is 335. The summed E-state index contributed by atoms with van der Waals surface area (Å²) < 4.78 is 0. The lowest BCUT2D eigenvalue weighted by molar-refractivity contribution is 0.533. The number of nitrogens with one attached hydrogen (secondary N) is 1. The van der Waals surface area contributed by atoms with Crippen molar-refractivity contribution in [3.05, 3.63) is 29.8 Å². The fraction of sp³-hybridized carbons (Fsp3) is 0.462. The Morgan fingerprint density at radius 2 is 1.93 bits per heavy atom. The Hall–Kier alpha value is -1.49. The zero-order chi connectivity index (χ0) is 11.3. The molecule has 2 heteroatoms. The molecule has 0 aliphatic rings.